The van der Waals surface area contributed by atoms with Gasteiger partial charge in [0.2, 0.25) is 5.91 Å². The van der Waals surface area contributed by atoms with Gasteiger partial charge in [0.15, 0.2) is 0 Å². The Kier molecular flexibility index (Phi) is 4.39. The standard InChI is InChI=1S/C21H20FN3O2/c1-15(26)25-14-19(18-13-16(22)7-8-20(18)25)21(27)24-11-9-23(10-12-24)17-5-3-2-4-6-17/h2-8,13-14H,9-12H2,1H3. The molecule has 138 valence electrons. The van der Waals surface area contributed by atoms with Gasteiger partial charge in [-0.1, -0.05) is 18.2 Å². The van der Waals surface area contributed by atoms with Crippen molar-refractivity contribution in [1.29, 1.82) is 0 Å². The summed E-state index contributed by atoms with van der Waals surface area (Å²) >= 11 is 0. The molecule has 0 unspecified atom stereocenters. The summed E-state index contributed by atoms with van der Waals surface area (Å²) in [5.41, 5.74) is 2.06. The normalized spacial score (nSPS) is 14.6. The van der Waals surface area contributed by atoms with E-state index < -0.39 is 5.82 Å². The van der Waals surface area contributed by atoms with Crippen molar-refractivity contribution >= 4 is 28.4 Å². The van der Waals surface area contributed by atoms with Gasteiger partial charge in [0.25, 0.3) is 5.91 Å². The van der Waals surface area contributed by atoms with E-state index in [4.69, 9.17) is 0 Å². The fourth-order valence-electron chi connectivity index (χ4n) is 3.61. The van der Waals surface area contributed by atoms with Crippen molar-refractivity contribution in [2.75, 3.05) is 31.1 Å². The number of hydrogen-bond donors (Lipinski definition) is 0. The number of para-hydroxylation sites is 1. The molecule has 0 saturated carbocycles. The van der Waals surface area contributed by atoms with E-state index >= 15 is 0 Å². The van der Waals surface area contributed by atoms with Crippen LogP contribution in [-0.4, -0.2) is 47.5 Å². The summed E-state index contributed by atoms with van der Waals surface area (Å²) in [5.74, 6) is -0.801. The van der Waals surface area contributed by atoms with Crippen LogP contribution in [0.2, 0.25) is 0 Å². The highest BCUT2D eigenvalue weighted by molar-refractivity contribution is 6.09. The Labute approximate surface area is 156 Å². The molecule has 3 aromatic rings. The molecule has 0 atom stereocenters. The molecule has 1 aromatic heterocycles. The molecule has 1 aliphatic rings. The second-order valence-electron chi connectivity index (χ2n) is 6.71. The molecule has 5 nitrogen and oxygen atoms in total. The van der Waals surface area contributed by atoms with Crippen LogP contribution >= 0.6 is 0 Å². The van der Waals surface area contributed by atoms with Crippen molar-refractivity contribution in [2.45, 2.75) is 6.92 Å². The second kappa shape index (κ2) is 6.87. The molecule has 1 aliphatic heterocycles. The third-order valence-corrected chi connectivity index (χ3v) is 5.02. The fourth-order valence-corrected chi connectivity index (χ4v) is 3.61. The van der Waals surface area contributed by atoms with Gasteiger partial charge < -0.3 is 9.80 Å². The molecule has 6 heteroatoms. The van der Waals surface area contributed by atoms with E-state index in [2.05, 4.69) is 17.0 Å². The highest BCUT2D eigenvalue weighted by Crippen LogP contribution is 2.25. The van der Waals surface area contributed by atoms with Gasteiger partial charge in [-0.05, 0) is 30.3 Å². The number of benzene rings is 2. The largest absolute Gasteiger partial charge is 0.368 e. The summed E-state index contributed by atoms with van der Waals surface area (Å²) in [6.45, 7) is 4.05. The van der Waals surface area contributed by atoms with Crippen LogP contribution < -0.4 is 4.90 Å². The van der Waals surface area contributed by atoms with Crippen molar-refractivity contribution in [3.05, 3.63) is 66.1 Å². The minimum Gasteiger partial charge on any atom is -0.368 e. The molecule has 0 spiro atoms. The highest BCUT2D eigenvalue weighted by Gasteiger charge is 2.25. The highest BCUT2D eigenvalue weighted by atomic mass is 19.1. The van der Waals surface area contributed by atoms with Gasteiger partial charge in [-0.3, -0.25) is 14.2 Å². The van der Waals surface area contributed by atoms with Crippen LogP contribution in [0, 0.1) is 5.82 Å². The van der Waals surface area contributed by atoms with Gasteiger partial charge >= 0.3 is 0 Å². The summed E-state index contributed by atoms with van der Waals surface area (Å²) in [6, 6.07) is 14.2. The van der Waals surface area contributed by atoms with Crippen LogP contribution in [-0.2, 0) is 0 Å². The number of nitrogens with zero attached hydrogens (tertiary/aromatic N) is 3. The zero-order valence-electron chi connectivity index (χ0n) is 15.1. The number of fused-ring (bicyclic) bond motifs is 1. The van der Waals surface area contributed by atoms with E-state index in [0.717, 1.165) is 18.8 Å². The van der Waals surface area contributed by atoms with Crippen LogP contribution in [0.15, 0.2) is 54.7 Å². The van der Waals surface area contributed by atoms with Gasteiger partial charge in [0.05, 0.1) is 11.1 Å². The third kappa shape index (κ3) is 3.18. The first-order valence-corrected chi connectivity index (χ1v) is 8.95. The third-order valence-electron chi connectivity index (χ3n) is 5.02. The number of aromatic nitrogens is 1. The molecule has 0 radical (unpaired) electrons. The predicted molar refractivity (Wildman–Crippen MR) is 103 cm³/mol. The molecule has 0 bridgehead atoms. The zero-order valence-corrected chi connectivity index (χ0v) is 15.1. The van der Waals surface area contributed by atoms with Crippen LogP contribution in [0.5, 0.6) is 0 Å². The van der Waals surface area contributed by atoms with Gasteiger partial charge in [-0.25, -0.2) is 4.39 Å². The van der Waals surface area contributed by atoms with E-state index in [9.17, 15) is 14.0 Å². The zero-order chi connectivity index (χ0) is 19.0. The minimum atomic E-state index is -0.424. The molecule has 2 heterocycles. The number of carbonyl (C=O) groups is 2. The van der Waals surface area contributed by atoms with Crippen molar-refractivity contribution in [3.63, 3.8) is 0 Å². The summed E-state index contributed by atoms with van der Waals surface area (Å²) in [5, 5.41) is 0.473. The summed E-state index contributed by atoms with van der Waals surface area (Å²) in [7, 11) is 0. The number of rotatable bonds is 2. The topological polar surface area (TPSA) is 45.6 Å². The number of hydrogen-bond acceptors (Lipinski definition) is 3. The maximum atomic E-state index is 13.7. The quantitative estimate of drug-likeness (QED) is 0.699. The Morgan fingerprint density at radius 1 is 0.963 bits per heavy atom. The van der Waals surface area contributed by atoms with Crippen LogP contribution in [0.3, 0.4) is 0 Å². The second-order valence-corrected chi connectivity index (χ2v) is 6.71. The molecular weight excluding hydrogens is 345 g/mol. The molecule has 0 N–H and O–H groups in total. The Morgan fingerprint density at radius 2 is 1.67 bits per heavy atom. The van der Waals surface area contributed by atoms with Crippen molar-refractivity contribution in [2.24, 2.45) is 0 Å². The van der Waals surface area contributed by atoms with Crippen molar-refractivity contribution < 1.29 is 14.0 Å². The molecule has 1 fully saturated rings. The summed E-state index contributed by atoms with van der Waals surface area (Å²) in [6.07, 6.45) is 1.53. The molecule has 1 saturated heterocycles. The van der Waals surface area contributed by atoms with E-state index in [0.29, 0.717) is 29.6 Å². The van der Waals surface area contributed by atoms with Gasteiger partial charge in [-0.2, -0.15) is 0 Å². The van der Waals surface area contributed by atoms with Gasteiger partial charge in [0.1, 0.15) is 5.82 Å². The van der Waals surface area contributed by atoms with Crippen LogP contribution in [0.1, 0.15) is 22.1 Å². The number of carbonyl (C=O) groups excluding carboxylic acids is 2. The molecule has 0 aliphatic carbocycles. The van der Waals surface area contributed by atoms with E-state index in [-0.39, 0.29) is 11.8 Å². The van der Waals surface area contributed by atoms with E-state index in [1.54, 1.807) is 4.90 Å². The maximum absolute atomic E-state index is 13.7. The van der Waals surface area contributed by atoms with Crippen LogP contribution in [0.4, 0.5) is 10.1 Å². The number of anilines is 1. The fraction of sp³-hybridized carbons (Fsp3) is 0.238. The smallest absolute Gasteiger partial charge is 0.256 e. The lowest BCUT2D eigenvalue weighted by atomic mass is 10.1. The van der Waals surface area contributed by atoms with Crippen molar-refractivity contribution in [1.82, 2.24) is 9.47 Å². The van der Waals surface area contributed by atoms with Crippen LogP contribution in [0.25, 0.3) is 10.9 Å². The molecule has 4 rings (SSSR count). The Hall–Kier alpha value is -3.15. The van der Waals surface area contributed by atoms with Gasteiger partial charge in [-0.15, -0.1) is 0 Å². The number of piperazine rings is 1. The number of halogens is 1. The lowest BCUT2D eigenvalue weighted by Crippen LogP contribution is -2.48. The Morgan fingerprint density at radius 3 is 2.33 bits per heavy atom. The van der Waals surface area contributed by atoms with Crippen molar-refractivity contribution in [3.8, 4) is 0 Å². The average Bonchev–Trinajstić information content (AvgIpc) is 3.07. The summed E-state index contributed by atoms with van der Waals surface area (Å²) in [4.78, 5) is 29.0. The summed E-state index contributed by atoms with van der Waals surface area (Å²) < 4.78 is 15.2. The lowest BCUT2D eigenvalue weighted by molar-refractivity contribution is 0.0748. The Bertz CT molecular complexity index is 1000. The van der Waals surface area contributed by atoms with E-state index in [1.807, 2.05) is 18.2 Å². The number of amides is 1. The van der Waals surface area contributed by atoms with Gasteiger partial charge in [0, 0.05) is 50.4 Å². The lowest BCUT2D eigenvalue weighted by Gasteiger charge is -2.36. The monoisotopic (exact) mass is 365 g/mol. The minimum absolute atomic E-state index is 0.168. The molecular formula is C21H20FN3O2. The first-order valence-electron chi connectivity index (χ1n) is 8.95. The average molecular weight is 365 g/mol. The maximum Gasteiger partial charge on any atom is 0.256 e. The molecule has 1 amide bonds. The SMILES string of the molecule is CC(=O)n1cc(C(=O)N2CCN(c3ccccc3)CC2)c2cc(F)ccc21. The molecule has 27 heavy (non-hydrogen) atoms. The Balaban J connectivity index is 1.59. The van der Waals surface area contributed by atoms with E-state index in [1.165, 1.54) is 35.9 Å². The first-order chi connectivity index (χ1) is 13.0. The first kappa shape index (κ1) is 17.3. The predicted octanol–water partition coefficient (Wildman–Crippen LogP) is 3.40. The molecule has 2 aromatic carbocycles.